The summed E-state index contributed by atoms with van der Waals surface area (Å²) in [6.07, 6.45) is 3.78. The number of nitrogens with two attached hydrogens (primary N) is 2. The third-order valence-corrected chi connectivity index (χ3v) is 3.60. The van der Waals surface area contributed by atoms with E-state index in [0.29, 0.717) is 23.4 Å². The van der Waals surface area contributed by atoms with Crippen LogP contribution in [0.2, 0.25) is 0 Å². The molecular weight excluding hydrogens is 266 g/mol. The lowest BCUT2D eigenvalue weighted by molar-refractivity contribution is 0.0695. The van der Waals surface area contributed by atoms with E-state index in [1.54, 1.807) is 12.1 Å². The third kappa shape index (κ3) is 4.93. The van der Waals surface area contributed by atoms with Gasteiger partial charge in [-0.2, -0.15) is 0 Å². The smallest absolute Gasteiger partial charge is 0.336 e. The van der Waals surface area contributed by atoms with Crippen LogP contribution in [0.25, 0.3) is 0 Å². The van der Waals surface area contributed by atoms with Gasteiger partial charge in [0.2, 0.25) is 0 Å². The van der Waals surface area contributed by atoms with Gasteiger partial charge in [0.05, 0.1) is 16.9 Å². The molecule has 0 aliphatic carbocycles. The van der Waals surface area contributed by atoms with E-state index in [9.17, 15) is 9.90 Å². The van der Waals surface area contributed by atoms with Crippen molar-refractivity contribution in [3.8, 4) is 0 Å². The van der Waals surface area contributed by atoms with E-state index in [1.165, 1.54) is 0 Å². The summed E-state index contributed by atoms with van der Waals surface area (Å²) in [5, 5.41) is 9.25. The molecule has 0 atom stereocenters. The van der Waals surface area contributed by atoms with Crippen LogP contribution >= 0.6 is 0 Å². The lowest BCUT2D eigenvalue weighted by atomic mass is 9.99. The summed E-state index contributed by atoms with van der Waals surface area (Å²) >= 11 is 0. The van der Waals surface area contributed by atoms with Gasteiger partial charge >= 0.3 is 5.97 Å². The fourth-order valence-electron chi connectivity index (χ4n) is 2.60. The fourth-order valence-corrected chi connectivity index (χ4v) is 2.60. The standard InChI is InChI=1S/C16H27N3O2/c1-3-9-19(10-4-2)11-5-6-12-13(16(20)21)7-8-14(17)15(12)18/h7-8H,3-6,9-11,17-18H2,1-2H3,(H,20,21). The molecular formula is C16H27N3O2. The molecule has 1 rings (SSSR count). The molecule has 1 aromatic rings. The highest BCUT2D eigenvalue weighted by atomic mass is 16.4. The summed E-state index contributed by atoms with van der Waals surface area (Å²) in [7, 11) is 0. The molecule has 0 aliphatic rings. The van der Waals surface area contributed by atoms with Crippen molar-refractivity contribution < 1.29 is 9.90 Å². The van der Waals surface area contributed by atoms with Gasteiger partial charge in [-0.3, -0.25) is 0 Å². The monoisotopic (exact) mass is 293 g/mol. The Kier molecular flexibility index (Phi) is 7.02. The molecule has 5 nitrogen and oxygen atoms in total. The number of carbonyl (C=O) groups is 1. The number of carboxylic acids is 1. The Hall–Kier alpha value is -1.75. The maximum Gasteiger partial charge on any atom is 0.336 e. The van der Waals surface area contributed by atoms with Crippen molar-refractivity contribution in [2.24, 2.45) is 0 Å². The van der Waals surface area contributed by atoms with Crippen LogP contribution in [0.3, 0.4) is 0 Å². The molecule has 118 valence electrons. The van der Waals surface area contributed by atoms with Gasteiger partial charge < -0.3 is 21.5 Å². The van der Waals surface area contributed by atoms with Crippen LogP contribution < -0.4 is 11.5 Å². The zero-order chi connectivity index (χ0) is 15.8. The molecule has 5 N–H and O–H groups in total. The van der Waals surface area contributed by atoms with Crippen molar-refractivity contribution in [1.82, 2.24) is 4.90 Å². The molecule has 0 aromatic heterocycles. The van der Waals surface area contributed by atoms with E-state index >= 15 is 0 Å². The lowest BCUT2D eigenvalue weighted by Gasteiger charge is -2.21. The van der Waals surface area contributed by atoms with Crippen LogP contribution in [0.1, 0.15) is 49.0 Å². The molecule has 0 unspecified atom stereocenters. The molecule has 0 fully saturated rings. The molecule has 5 heteroatoms. The minimum atomic E-state index is -0.948. The highest BCUT2D eigenvalue weighted by molar-refractivity contribution is 5.93. The molecule has 0 spiro atoms. The maximum atomic E-state index is 11.3. The largest absolute Gasteiger partial charge is 0.478 e. The molecule has 1 aromatic carbocycles. The summed E-state index contributed by atoms with van der Waals surface area (Å²) < 4.78 is 0. The van der Waals surface area contributed by atoms with Crippen molar-refractivity contribution in [2.45, 2.75) is 39.5 Å². The Labute approximate surface area is 126 Å². The highest BCUT2D eigenvalue weighted by Gasteiger charge is 2.15. The molecule has 21 heavy (non-hydrogen) atoms. The van der Waals surface area contributed by atoms with Crippen molar-refractivity contribution in [3.63, 3.8) is 0 Å². The second kappa shape index (κ2) is 8.52. The average Bonchev–Trinajstić information content (AvgIpc) is 2.43. The van der Waals surface area contributed by atoms with Crippen LogP contribution in [-0.4, -0.2) is 35.6 Å². The number of rotatable bonds is 9. The molecule has 0 heterocycles. The van der Waals surface area contributed by atoms with Gasteiger partial charge in [0.25, 0.3) is 0 Å². The first-order valence-corrected chi connectivity index (χ1v) is 7.63. The van der Waals surface area contributed by atoms with Crippen LogP contribution in [0.5, 0.6) is 0 Å². The normalized spacial score (nSPS) is 11.0. The second-order valence-corrected chi connectivity index (χ2v) is 5.34. The van der Waals surface area contributed by atoms with Crippen LogP contribution in [0, 0.1) is 0 Å². The average molecular weight is 293 g/mol. The SMILES string of the molecule is CCCN(CCC)CCCc1c(C(=O)O)ccc(N)c1N. The van der Waals surface area contributed by atoms with Gasteiger partial charge in [-0.05, 0) is 63.0 Å². The summed E-state index contributed by atoms with van der Waals surface area (Å²) in [5.41, 5.74) is 13.5. The zero-order valence-corrected chi connectivity index (χ0v) is 13.1. The summed E-state index contributed by atoms with van der Waals surface area (Å²) in [6.45, 7) is 7.44. The Morgan fingerprint density at radius 2 is 1.76 bits per heavy atom. The number of benzene rings is 1. The highest BCUT2D eigenvalue weighted by Crippen LogP contribution is 2.25. The second-order valence-electron chi connectivity index (χ2n) is 5.34. The zero-order valence-electron chi connectivity index (χ0n) is 13.1. The van der Waals surface area contributed by atoms with Gasteiger partial charge in [0.1, 0.15) is 0 Å². The number of nitrogens with zero attached hydrogens (tertiary/aromatic N) is 1. The predicted octanol–water partition coefficient (Wildman–Crippen LogP) is 2.60. The number of hydrogen-bond donors (Lipinski definition) is 3. The number of nitrogen functional groups attached to an aromatic ring is 2. The van der Waals surface area contributed by atoms with Crippen molar-refractivity contribution in [1.29, 1.82) is 0 Å². The minimum absolute atomic E-state index is 0.263. The number of carboxylic acid groups (broad SMARTS) is 1. The van der Waals surface area contributed by atoms with Crippen LogP contribution in [0.15, 0.2) is 12.1 Å². The summed E-state index contributed by atoms with van der Waals surface area (Å²) in [5.74, 6) is -0.948. The molecule has 0 bridgehead atoms. The number of hydrogen-bond acceptors (Lipinski definition) is 4. The van der Waals surface area contributed by atoms with Crippen molar-refractivity contribution in [3.05, 3.63) is 23.3 Å². The Bertz CT molecular complexity index is 469. The van der Waals surface area contributed by atoms with Crippen molar-refractivity contribution in [2.75, 3.05) is 31.1 Å². The quantitative estimate of drug-likeness (QED) is 0.609. The van der Waals surface area contributed by atoms with E-state index < -0.39 is 5.97 Å². The van der Waals surface area contributed by atoms with Gasteiger partial charge in [0, 0.05) is 0 Å². The topological polar surface area (TPSA) is 92.6 Å². The van der Waals surface area contributed by atoms with Gasteiger partial charge in [-0.15, -0.1) is 0 Å². The van der Waals surface area contributed by atoms with E-state index in [1.807, 2.05) is 0 Å². The first kappa shape index (κ1) is 17.3. The molecule has 0 saturated heterocycles. The van der Waals surface area contributed by atoms with Gasteiger partial charge in [-0.25, -0.2) is 4.79 Å². The Balaban J connectivity index is 2.74. The van der Waals surface area contributed by atoms with E-state index in [0.717, 1.165) is 38.9 Å². The van der Waals surface area contributed by atoms with Gasteiger partial charge in [-0.1, -0.05) is 13.8 Å². The fraction of sp³-hybridized carbons (Fsp3) is 0.562. The van der Waals surface area contributed by atoms with E-state index in [-0.39, 0.29) is 5.56 Å². The first-order valence-electron chi connectivity index (χ1n) is 7.63. The van der Waals surface area contributed by atoms with Crippen LogP contribution in [-0.2, 0) is 6.42 Å². The molecule has 0 radical (unpaired) electrons. The van der Waals surface area contributed by atoms with E-state index in [4.69, 9.17) is 11.5 Å². The molecule has 0 amide bonds. The first-order chi connectivity index (χ1) is 10.0. The minimum Gasteiger partial charge on any atom is -0.478 e. The summed E-state index contributed by atoms with van der Waals surface area (Å²) in [4.78, 5) is 13.7. The Morgan fingerprint density at radius 1 is 1.14 bits per heavy atom. The third-order valence-electron chi connectivity index (χ3n) is 3.60. The Morgan fingerprint density at radius 3 is 2.29 bits per heavy atom. The molecule has 0 aliphatic heterocycles. The lowest BCUT2D eigenvalue weighted by Crippen LogP contribution is -2.27. The van der Waals surface area contributed by atoms with Crippen LogP contribution in [0.4, 0.5) is 11.4 Å². The summed E-state index contributed by atoms with van der Waals surface area (Å²) in [6, 6.07) is 3.10. The number of anilines is 2. The predicted molar refractivity (Wildman–Crippen MR) is 87.6 cm³/mol. The van der Waals surface area contributed by atoms with Gasteiger partial charge in [0.15, 0.2) is 0 Å². The van der Waals surface area contributed by atoms with Crippen molar-refractivity contribution >= 4 is 17.3 Å². The van der Waals surface area contributed by atoms with E-state index in [2.05, 4.69) is 18.7 Å². The number of aromatic carboxylic acids is 1. The maximum absolute atomic E-state index is 11.3. The molecule has 0 saturated carbocycles.